The van der Waals surface area contributed by atoms with E-state index < -0.39 is 29.6 Å². The molecule has 246 valence electrons. The predicted octanol–water partition coefficient (Wildman–Crippen LogP) is 6.61. The molecular formula is C34H34ClN3O8S. The lowest BCUT2D eigenvalue weighted by molar-refractivity contribution is -0.127. The van der Waals surface area contributed by atoms with Crippen LogP contribution in [0.25, 0.3) is 6.08 Å². The van der Waals surface area contributed by atoms with Crippen LogP contribution in [0.15, 0.2) is 59.5 Å². The molecular weight excluding hydrogens is 646 g/mol. The van der Waals surface area contributed by atoms with Crippen LogP contribution in [-0.2, 0) is 19.1 Å². The number of imide groups is 1. The molecule has 4 amide bonds. The van der Waals surface area contributed by atoms with Gasteiger partial charge in [0.1, 0.15) is 6.54 Å². The fourth-order valence-electron chi connectivity index (χ4n) is 4.33. The Hall–Kier alpha value is -4.81. The highest BCUT2D eigenvalue weighted by Crippen LogP contribution is 2.34. The maximum absolute atomic E-state index is 13.1. The number of benzene rings is 3. The van der Waals surface area contributed by atoms with Gasteiger partial charge in [0.05, 0.1) is 29.2 Å². The van der Waals surface area contributed by atoms with Gasteiger partial charge in [0.15, 0.2) is 18.1 Å². The molecule has 2 N–H and O–H groups in total. The summed E-state index contributed by atoms with van der Waals surface area (Å²) in [6.45, 7) is 5.35. The van der Waals surface area contributed by atoms with Crippen LogP contribution in [0.4, 0.5) is 16.2 Å². The zero-order valence-corrected chi connectivity index (χ0v) is 27.9. The van der Waals surface area contributed by atoms with E-state index in [-0.39, 0.29) is 40.3 Å². The largest absolute Gasteiger partial charge is 0.493 e. The van der Waals surface area contributed by atoms with Crippen molar-refractivity contribution in [2.75, 3.05) is 37.5 Å². The minimum Gasteiger partial charge on any atom is -0.493 e. The Kier molecular flexibility index (Phi) is 12.0. The second-order valence-electron chi connectivity index (χ2n) is 10.5. The number of unbranched alkanes of at least 4 members (excludes halogenated alkanes) is 1. The summed E-state index contributed by atoms with van der Waals surface area (Å²) >= 11 is 6.83. The van der Waals surface area contributed by atoms with Gasteiger partial charge in [-0.2, -0.15) is 0 Å². The van der Waals surface area contributed by atoms with Crippen molar-refractivity contribution in [1.29, 1.82) is 0 Å². The molecule has 0 spiro atoms. The molecule has 0 unspecified atom stereocenters. The molecule has 4 rings (SSSR count). The Morgan fingerprint density at radius 2 is 1.64 bits per heavy atom. The molecule has 3 aromatic rings. The minimum absolute atomic E-state index is 0.0853. The molecule has 1 aliphatic heterocycles. The fourth-order valence-corrected chi connectivity index (χ4v) is 5.36. The van der Waals surface area contributed by atoms with Crippen molar-refractivity contribution in [2.45, 2.75) is 33.6 Å². The molecule has 1 fully saturated rings. The lowest BCUT2D eigenvalue weighted by Gasteiger charge is -2.13. The number of nitrogens with one attached hydrogen (secondary N) is 2. The van der Waals surface area contributed by atoms with E-state index in [2.05, 4.69) is 10.6 Å². The van der Waals surface area contributed by atoms with Crippen LogP contribution in [0.1, 0.15) is 46.8 Å². The molecule has 3 aromatic carbocycles. The second-order valence-corrected chi connectivity index (χ2v) is 11.9. The van der Waals surface area contributed by atoms with Crippen LogP contribution in [0, 0.1) is 13.8 Å². The van der Waals surface area contributed by atoms with Crippen molar-refractivity contribution >= 4 is 69.7 Å². The number of amides is 4. The van der Waals surface area contributed by atoms with Gasteiger partial charge < -0.3 is 24.8 Å². The Morgan fingerprint density at radius 3 is 2.36 bits per heavy atom. The summed E-state index contributed by atoms with van der Waals surface area (Å²) < 4.78 is 16.3. The van der Waals surface area contributed by atoms with E-state index >= 15 is 0 Å². The number of halogens is 1. The average molecular weight is 680 g/mol. The number of ether oxygens (including phenoxy) is 3. The van der Waals surface area contributed by atoms with E-state index in [1.54, 1.807) is 18.2 Å². The Bertz CT molecular complexity index is 1740. The molecule has 1 heterocycles. The molecule has 0 aliphatic carbocycles. The van der Waals surface area contributed by atoms with Gasteiger partial charge in [-0.1, -0.05) is 37.1 Å². The summed E-state index contributed by atoms with van der Waals surface area (Å²) in [7, 11) is 1.44. The van der Waals surface area contributed by atoms with Gasteiger partial charge in [-0.05, 0) is 97.3 Å². The first kappa shape index (κ1) is 35.1. The van der Waals surface area contributed by atoms with Crippen molar-refractivity contribution in [2.24, 2.45) is 0 Å². The topological polar surface area (TPSA) is 140 Å². The number of nitrogens with zero attached hydrogens (tertiary/aromatic N) is 1. The summed E-state index contributed by atoms with van der Waals surface area (Å²) in [6.07, 6.45) is 3.05. The normalized spacial score (nSPS) is 13.5. The monoisotopic (exact) mass is 679 g/mol. The van der Waals surface area contributed by atoms with Gasteiger partial charge in [0.25, 0.3) is 17.1 Å². The summed E-state index contributed by atoms with van der Waals surface area (Å²) in [5.41, 5.74) is 3.70. The van der Waals surface area contributed by atoms with Gasteiger partial charge in [-0.15, -0.1) is 0 Å². The number of aryl methyl sites for hydroxylation is 2. The summed E-state index contributed by atoms with van der Waals surface area (Å²) in [4.78, 5) is 64.2. The number of esters is 1. The van der Waals surface area contributed by atoms with E-state index in [0.29, 0.717) is 40.9 Å². The molecule has 47 heavy (non-hydrogen) atoms. The zero-order valence-electron chi connectivity index (χ0n) is 26.3. The first-order chi connectivity index (χ1) is 22.5. The van der Waals surface area contributed by atoms with Crippen molar-refractivity contribution in [3.8, 4) is 11.5 Å². The summed E-state index contributed by atoms with van der Waals surface area (Å²) in [5.74, 6) is -1.64. The number of carbonyl (C=O) groups is 5. The molecule has 1 saturated heterocycles. The van der Waals surface area contributed by atoms with Crippen molar-refractivity contribution in [1.82, 2.24) is 4.90 Å². The molecule has 0 bridgehead atoms. The van der Waals surface area contributed by atoms with E-state index in [1.165, 1.54) is 31.4 Å². The number of carbonyl (C=O) groups excluding carboxylic acids is 5. The summed E-state index contributed by atoms with van der Waals surface area (Å²) in [5, 5.41) is 4.92. The van der Waals surface area contributed by atoms with E-state index in [1.807, 2.05) is 39.0 Å². The molecule has 0 saturated carbocycles. The number of hydrogen-bond donors (Lipinski definition) is 2. The first-order valence-electron chi connectivity index (χ1n) is 14.7. The van der Waals surface area contributed by atoms with E-state index in [4.69, 9.17) is 25.8 Å². The number of hydrogen-bond acceptors (Lipinski definition) is 9. The van der Waals surface area contributed by atoms with Gasteiger partial charge >= 0.3 is 5.97 Å². The van der Waals surface area contributed by atoms with E-state index in [9.17, 15) is 24.0 Å². The molecule has 11 nitrogen and oxygen atoms in total. The fraction of sp³-hybridized carbons (Fsp3) is 0.265. The molecule has 0 radical (unpaired) electrons. The molecule has 0 atom stereocenters. The molecule has 1 aliphatic rings. The van der Waals surface area contributed by atoms with Crippen LogP contribution in [0.5, 0.6) is 11.5 Å². The third kappa shape index (κ3) is 9.36. The third-order valence-electron chi connectivity index (χ3n) is 7.01. The van der Waals surface area contributed by atoms with Crippen molar-refractivity contribution in [3.63, 3.8) is 0 Å². The van der Waals surface area contributed by atoms with Gasteiger partial charge in [-0.3, -0.25) is 24.1 Å². The smallest absolute Gasteiger partial charge is 0.339 e. The lowest BCUT2D eigenvalue weighted by atomic mass is 10.1. The highest BCUT2D eigenvalue weighted by atomic mass is 35.5. The number of rotatable bonds is 13. The van der Waals surface area contributed by atoms with Crippen LogP contribution in [0.2, 0.25) is 5.02 Å². The first-order valence-corrected chi connectivity index (χ1v) is 15.9. The zero-order chi connectivity index (χ0) is 34.1. The maximum atomic E-state index is 13.1. The van der Waals surface area contributed by atoms with Crippen LogP contribution in [0.3, 0.4) is 0 Å². The Balaban J connectivity index is 1.36. The quantitative estimate of drug-likeness (QED) is 0.116. The van der Waals surface area contributed by atoms with Crippen molar-refractivity contribution < 1.29 is 38.2 Å². The highest BCUT2D eigenvalue weighted by Gasteiger charge is 2.36. The van der Waals surface area contributed by atoms with Gasteiger partial charge in [0.2, 0.25) is 5.91 Å². The van der Waals surface area contributed by atoms with Crippen LogP contribution in [-0.4, -0.2) is 60.7 Å². The van der Waals surface area contributed by atoms with Crippen molar-refractivity contribution in [3.05, 3.63) is 86.8 Å². The molecule has 13 heteroatoms. The van der Waals surface area contributed by atoms with Crippen LogP contribution >= 0.6 is 23.4 Å². The Morgan fingerprint density at radius 1 is 0.915 bits per heavy atom. The number of methoxy groups -OCH3 is 1. The Labute approximate surface area is 281 Å². The standard InChI is InChI=1S/C34H34ClN3O8S/c1-5-6-13-45-33(42)25-17-24(10-11-26(25)35)36-30(39)18-38-32(41)29(47-34(38)43)16-22-8-12-27(28(15-22)44-4)46-19-31(40)37-23-9-7-20(2)21(3)14-23/h7-12,14-17H,5-6,13,18-19H2,1-4H3,(H,36,39)(H,37,40)/b29-16+. The second kappa shape index (κ2) is 16.1. The number of anilines is 2. The molecule has 0 aromatic heterocycles. The lowest BCUT2D eigenvalue weighted by Crippen LogP contribution is -2.36. The summed E-state index contributed by atoms with van der Waals surface area (Å²) in [6, 6.07) is 14.8. The third-order valence-corrected chi connectivity index (χ3v) is 8.25. The minimum atomic E-state index is -0.647. The van der Waals surface area contributed by atoms with E-state index in [0.717, 1.165) is 22.4 Å². The van der Waals surface area contributed by atoms with Crippen LogP contribution < -0.4 is 20.1 Å². The van der Waals surface area contributed by atoms with Gasteiger partial charge in [0, 0.05) is 11.4 Å². The van der Waals surface area contributed by atoms with Gasteiger partial charge in [-0.25, -0.2) is 4.79 Å². The predicted molar refractivity (Wildman–Crippen MR) is 181 cm³/mol. The number of thioether (sulfide) groups is 1. The average Bonchev–Trinajstić information content (AvgIpc) is 3.30. The highest BCUT2D eigenvalue weighted by molar-refractivity contribution is 8.18. The maximum Gasteiger partial charge on any atom is 0.339 e. The SMILES string of the molecule is CCCCOC(=O)c1cc(NC(=O)CN2C(=O)S/C(=C/c3ccc(OCC(=O)Nc4ccc(C)c(C)c4)c(OC)c3)C2=O)ccc1Cl.